The number of amides is 1. The van der Waals surface area contributed by atoms with E-state index in [0.717, 1.165) is 26.1 Å². The number of rotatable bonds is 13. The molecule has 0 atom stereocenters. The van der Waals surface area contributed by atoms with Gasteiger partial charge in [-0.15, -0.1) is 0 Å². The van der Waals surface area contributed by atoms with Crippen LogP contribution < -0.4 is 20.1 Å². The van der Waals surface area contributed by atoms with E-state index in [1.165, 1.54) is 12.4 Å². The maximum absolute atomic E-state index is 12.2. The first-order valence-corrected chi connectivity index (χ1v) is 13.4. The largest absolute Gasteiger partial charge is 0.491 e. The molecule has 41 heavy (non-hydrogen) atoms. The Morgan fingerprint density at radius 1 is 1.15 bits per heavy atom. The van der Waals surface area contributed by atoms with E-state index in [1.807, 2.05) is 6.07 Å². The van der Waals surface area contributed by atoms with Crippen molar-refractivity contribution in [2.24, 2.45) is 0 Å². The minimum absolute atomic E-state index is 0.243. The summed E-state index contributed by atoms with van der Waals surface area (Å²) in [5.41, 5.74) is 2.53. The Morgan fingerprint density at radius 2 is 2.02 bits per heavy atom. The smallest absolute Gasteiger partial charge is 0.247 e. The zero-order valence-corrected chi connectivity index (χ0v) is 23.3. The molecule has 0 radical (unpaired) electrons. The number of carbonyl (C=O) groups excluding carboxylic acids is 1. The lowest BCUT2D eigenvalue weighted by Gasteiger charge is -2.38. The standard InChI is InChI=1S/C29H30ClN7O4/c1-3-28(38)36-25-12-22-24(13-27(25)40-10-4-9-37-15-21(16-37)39-2)33-18-34-29(22)35-19-5-6-26(23(30)11-19)41-17-20-14-31-7-8-32-20/h3,5-8,11-14,18,21H,1,4,9-10,15-17H2,2H3,(H,36,38)(H,33,34,35). The van der Waals surface area contributed by atoms with Gasteiger partial charge in [-0.25, -0.2) is 9.97 Å². The summed E-state index contributed by atoms with van der Waals surface area (Å²) in [6, 6.07) is 8.92. The zero-order valence-electron chi connectivity index (χ0n) is 22.5. The van der Waals surface area contributed by atoms with Crippen LogP contribution in [0, 0.1) is 0 Å². The van der Waals surface area contributed by atoms with Crippen molar-refractivity contribution in [2.75, 3.05) is 44.0 Å². The lowest BCUT2D eigenvalue weighted by Crippen LogP contribution is -2.51. The molecule has 2 aromatic heterocycles. The lowest BCUT2D eigenvalue weighted by molar-refractivity contribution is -0.111. The Bertz CT molecular complexity index is 1520. The zero-order chi connectivity index (χ0) is 28.6. The average Bonchev–Trinajstić information content (AvgIpc) is 2.96. The van der Waals surface area contributed by atoms with Gasteiger partial charge in [0.15, 0.2) is 0 Å². The number of hydrogen-bond acceptors (Lipinski definition) is 10. The first-order valence-electron chi connectivity index (χ1n) is 13.1. The number of nitrogens with zero attached hydrogens (tertiary/aromatic N) is 5. The van der Waals surface area contributed by atoms with Gasteiger partial charge in [0, 0.05) is 56.3 Å². The van der Waals surface area contributed by atoms with Crippen LogP contribution in [0.5, 0.6) is 11.5 Å². The van der Waals surface area contributed by atoms with Crippen molar-refractivity contribution in [3.05, 3.63) is 78.6 Å². The van der Waals surface area contributed by atoms with Gasteiger partial charge in [0.2, 0.25) is 5.91 Å². The van der Waals surface area contributed by atoms with E-state index in [1.54, 1.807) is 50.0 Å². The Morgan fingerprint density at radius 3 is 2.78 bits per heavy atom. The number of nitrogens with one attached hydrogen (secondary N) is 2. The van der Waals surface area contributed by atoms with Gasteiger partial charge in [-0.05, 0) is 36.8 Å². The minimum Gasteiger partial charge on any atom is -0.491 e. The van der Waals surface area contributed by atoms with Crippen molar-refractivity contribution in [2.45, 2.75) is 19.1 Å². The molecule has 1 aliphatic rings. The van der Waals surface area contributed by atoms with Gasteiger partial charge in [0.25, 0.3) is 0 Å². The summed E-state index contributed by atoms with van der Waals surface area (Å²) in [4.78, 5) is 31.6. The monoisotopic (exact) mass is 575 g/mol. The summed E-state index contributed by atoms with van der Waals surface area (Å²) in [5, 5.41) is 7.22. The highest BCUT2D eigenvalue weighted by Crippen LogP contribution is 2.35. The van der Waals surface area contributed by atoms with Crippen LogP contribution in [0.4, 0.5) is 17.2 Å². The highest BCUT2D eigenvalue weighted by atomic mass is 35.5. The van der Waals surface area contributed by atoms with Crippen LogP contribution in [0.1, 0.15) is 12.1 Å². The summed E-state index contributed by atoms with van der Waals surface area (Å²) in [7, 11) is 1.73. The van der Waals surface area contributed by atoms with E-state index in [0.29, 0.717) is 63.0 Å². The predicted octanol–water partition coefficient (Wildman–Crippen LogP) is 4.62. The second kappa shape index (κ2) is 13.4. The van der Waals surface area contributed by atoms with Gasteiger partial charge >= 0.3 is 0 Å². The molecule has 2 aromatic carbocycles. The number of carbonyl (C=O) groups is 1. The Kier molecular flexibility index (Phi) is 9.19. The first kappa shape index (κ1) is 28.2. The number of anilines is 3. The molecular weight excluding hydrogens is 546 g/mol. The van der Waals surface area contributed by atoms with Crippen LogP contribution in [-0.2, 0) is 16.1 Å². The molecule has 212 valence electrons. The lowest BCUT2D eigenvalue weighted by atomic mass is 10.1. The number of methoxy groups -OCH3 is 1. The topological polar surface area (TPSA) is 124 Å². The Hall–Kier alpha value is -4.32. The van der Waals surface area contributed by atoms with Crippen molar-refractivity contribution < 1.29 is 19.0 Å². The van der Waals surface area contributed by atoms with E-state index >= 15 is 0 Å². The second-order valence-corrected chi connectivity index (χ2v) is 9.76. The molecule has 12 heteroatoms. The van der Waals surface area contributed by atoms with Crippen LogP contribution in [0.25, 0.3) is 10.9 Å². The van der Waals surface area contributed by atoms with E-state index < -0.39 is 0 Å². The van der Waals surface area contributed by atoms with Crippen molar-refractivity contribution in [3.63, 3.8) is 0 Å². The van der Waals surface area contributed by atoms with Crippen molar-refractivity contribution in [1.29, 1.82) is 0 Å². The molecule has 11 nitrogen and oxygen atoms in total. The van der Waals surface area contributed by atoms with Crippen molar-refractivity contribution in [3.8, 4) is 11.5 Å². The summed E-state index contributed by atoms with van der Waals surface area (Å²) < 4.78 is 17.2. The van der Waals surface area contributed by atoms with E-state index in [9.17, 15) is 4.79 Å². The van der Waals surface area contributed by atoms with E-state index in [4.69, 9.17) is 25.8 Å². The molecule has 1 fully saturated rings. The molecule has 0 saturated carbocycles. The summed E-state index contributed by atoms with van der Waals surface area (Å²) in [6.45, 7) is 7.06. The molecule has 0 unspecified atom stereocenters. The maximum Gasteiger partial charge on any atom is 0.247 e. The number of hydrogen-bond donors (Lipinski definition) is 2. The van der Waals surface area contributed by atoms with Gasteiger partial charge in [-0.2, -0.15) is 0 Å². The molecule has 0 aliphatic carbocycles. The van der Waals surface area contributed by atoms with Crippen LogP contribution in [0.15, 0.2) is 67.9 Å². The van der Waals surface area contributed by atoms with Gasteiger partial charge in [0.1, 0.15) is 30.3 Å². The number of halogens is 1. The molecule has 3 heterocycles. The third-order valence-electron chi connectivity index (χ3n) is 6.50. The minimum atomic E-state index is -0.351. The number of ether oxygens (including phenoxy) is 3. The Labute approximate surface area is 242 Å². The van der Waals surface area contributed by atoms with Crippen molar-refractivity contribution >= 4 is 45.6 Å². The maximum atomic E-state index is 12.2. The van der Waals surface area contributed by atoms with Crippen LogP contribution in [0.3, 0.4) is 0 Å². The molecule has 1 saturated heterocycles. The molecule has 5 rings (SSSR count). The molecule has 1 aliphatic heterocycles. The van der Waals surface area contributed by atoms with Gasteiger partial charge in [0.05, 0.1) is 40.8 Å². The third-order valence-corrected chi connectivity index (χ3v) is 6.80. The number of benzene rings is 2. The molecular formula is C29H30ClN7O4. The SMILES string of the molecule is C=CC(=O)Nc1cc2c(Nc3ccc(OCc4cnccn4)c(Cl)c3)ncnc2cc1OCCCN1CC(OC)C1. The number of aromatic nitrogens is 4. The summed E-state index contributed by atoms with van der Waals surface area (Å²) in [6.07, 6.45) is 8.67. The van der Waals surface area contributed by atoms with E-state index in [-0.39, 0.29) is 12.5 Å². The highest BCUT2D eigenvalue weighted by molar-refractivity contribution is 6.32. The van der Waals surface area contributed by atoms with E-state index in [2.05, 4.69) is 42.0 Å². The fourth-order valence-electron chi connectivity index (χ4n) is 4.30. The quantitative estimate of drug-likeness (QED) is 0.172. The number of fused-ring (bicyclic) bond motifs is 1. The number of likely N-dealkylation sites (tertiary alicyclic amines) is 1. The molecule has 4 aromatic rings. The van der Waals surface area contributed by atoms with Crippen LogP contribution >= 0.6 is 11.6 Å². The second-order valence-electron chi connectivity index (χ2n) is 9.36. The summed E-state index contributed by atoms with van der Waals surface area (Å²) in [5.74, 6) is 1.21. The molecule has 1 amide bonds. The van der Waals surface area contributed by atoms with Crippen LogP contribution in [0.2, 0.25) is 5.02 Å². The van der Waals surface area contributed by atoms with Gasteiger partial charge in [-0.3, -0.25) is 19.7 Å². The van der Waals surface area contributed by atoms with Gasteiger partial charge < -0.3 is 24.8 Å². The Balaban J connectivity index is 1.30. The highest BCUT2D eigenvalue weighted by Gasteiger charge is 2.25. The van der Waals surface area contributed by atoms with Gasteiger partial charge in [-0.1, -0.05) is 18.2 Å². The van der Waals surface area contributed by atoms with Crippen molar-refractivity contribution in [1.82, 2.24) is 24.8 Å². The average molecular weight is 576 g/mol. The summed E-state index contributed by atoms with van der Waals surface area (Å²) >= 11 is 6.49. The molecule has 2 N–H and O–H groups in total. The fourth-order valence-corrected chi connectivity index (χ4v) is 4.53. The van der Waals surface area contributed by atoms with Crippen LogP contribution in [-0.4, -0.2) is 70.2 Å². The normalized spacial score (nSPS) is 13.4. The first-order chi connectivity index (χ1) is 20.0. The molecule has 0 spiro atoms. The predicted molar refractivity (Wildman–Crippen MR) is 157 cm³/mol. The molecule has 0 bridgehead atoms. The third kappa shape index (κ3) is 7.26. The fraction of sp³-hybridized carbons (Fsp3) is 0.276.